The molecule has 0 aliphatic heterocycles. The molecular weight excluding hydrogens is 460 g/mol. The fourth-order valence-corrected chi connectivity index (χ4v) is 4.45. The average Bonchev–Trinajstić information content (AvgIpc) is 3.15. The number of fused-ring (bicyclic) bond motifs is 3. The third-order valence-corrected chi connectivity index (χ3v) is 6.16. The molecule has 4 rings (SSSR count). The maximum absolute atomic E-state index is 12.2. The van der Waals surface area contributed by atoms with E-state index in [-0.39, 0.29) is 41.8 Å². The highest BCUT2D eigenvalue weighted by Gasteiger charge is 2.29. The largest absolute Gasteiger partial charge is 0.449 e. The smallest absolute Gasteiger partial charge is 0.407 e. The van der Waals surface area contributed by atoms with Crippen LogP contribution >= 0.6 is 11.6 Å². The molecule has 9 heteroatoms. The summed E-state index contributed by atoms with van der Waals surface area (Å²) in [5.41, 5.74) is 4.00. The molecule has 0 saturated carbocycles. The third-order valence-electron chi connectivity index (χ3n) is 5.92. The molecule has 2 atom stereocenters. The van der Waals surface area contributed by atoms with Crippen LogP contribution in [0.2, 0.25) is 5.02 Å². The lowest BCUT2D eigenvalue weighted by Crippen LogP contribution is -2.30. The van der Waals surface area contributed by atoms with Crippen LogP contribution in [0, 0.1) is 10.1 Å². The van der Waals surface area contributed by atoms with Crippen molar-refractivity contribution in [1.82, 2.24) is 5.32 Å². The van der Waals surface area contributed by atoms with Gasteiger partial charge in [0.1, 0.15) is 12.7 Å². The van der Waals surface area contributed by atoms with Crippen molar-refractivity contribution in [3.8, 4) is 11.1 Å². The molecule has 176 valence electrons. The van der Waals surface area contributed by atoms with Gasteiger partial charge in [0.2, 0.25) is 0 Å². The Morgan fingerprint density at radius 3 is 2.29 bits per heavy atom. The first-order valence-corrected chi connectivity index (χ1v) is 11.1. The quantitative estimate of drug-likeness (QED) is 0.319. The van der Waals surface area contributed by atoms with Crippen molar-refractivity contribution in [1.29, 1.82) is 0 Å². The number of nitro groups is 1. The van der Waals surface area contributed by atoms with Crippen molar-refractivity contribution >= 4 is 23.4 Å². The van der Waals surface area contributed by atoms with Crippen molar-refractivity contribution in [2.45, 2.75) is 24.5 Å². The molecule has 34 heavy (non-hydrogen) atoms. The van der Waals surface area contributed by atoms with Crippen molar-refractivity contribution < 1.29 is 24.7 Å². The van der Waals surface area contributed by atoms with Crippen LogP contribution in [0.15, 0.2) is 66.7 Å². The summed E-state index contributed by atoms with van der Waals surface area (Å²) in [4.78, 5) is 22.8. The maximum Gasteiger partial charge on any atom is 0.407 e. The number of rotatable bonds is 8. The van der Waals surface area contributed by atoms with Crippen LogP contribution in [0.5, 0.6) is 0 Å². The van der Waals surface area contributed by atoms with E-state index in [1.165, 1.54) is 18.2 Å². The van der Waals surface area contributed by atoms with E-state index in [0.717, 1.165) is 22.3 Å². The Labute approximate surface area is 200 Å². The Morgan fingerprint density at radius 2 is 1.68 bits per heavy atom. The second kappa shape index (κ2) is 10.2. The summed E-state index contributed by atoms with van der Waals surface area (Å²) in [5, 5.41) is 34.6. The van der Waals surface area contributed by atoms with Crippen LogP contribution in [0.3, 0.4) is 0 Å². The number of nitro benzene ring substituents is 1. The molecule has 0 bridgehead atoms. The number of carbonyl (C=O) groups is 1. The van der Waals surface area contributed by atoms with Crippen LogP contribution in [0.4, 0.5) is 10.5 Å². The molecule has 0 heterocycles. The van der Waals surface area contributed by atoms with Gasteiger partial charge >= 0.3 is 6.09 Å². The van der Waals surface area contributed by atoms with Crippen LogP contribution in [0.25, 0.3) is 11.1 Å². The topological polar surface area (TPSA) is 122 Å². The van der Waals surface area contributed by atoms with Gasteiger partial charge in [-0.2, -0.15) is 0 Å². The molecule has 0 fully saturated rings. The predicted octanol–water partition coefficient (Wildman–Crippen LogP) is 4.57. The highest BCUT2D eigenvalue weighted by molar-refractivity contribution is 6.30. The molecule has 2 unspecified atom stereocenters. The molecule has 1 aliphatic carbocycles. The van der Waals surface area contributed by atoms with E-state index in [0.29, 0.717) is 0 Å². The highest BCUT2D eigenvalue weighted by Crippen LogP contribution is 2.44. The fourth-order valence-electron chi connectivity index (χ4n) is 4.27. The van der Waals surface area contributed by atoms with E-state index in [1.807, 2.05) is 48.5 Å². The van der Waals surface area contributed by atoms with Crippen molar-refractivity contribution in [3.05, 3.63) is 98.6 Å². The van der Waals surface area contributed by atoms with Gasteiger partial charge in [0, 0.05) is 23.6 Å². The SMILES string of the molecule is O=C(NCCC(O)C(O)c1cc(Cl)ccc1[N+](=O)[O-])OCC1c2ccccc2-c2ccccc21. The highest BCUT2D eigenvalue weighted by atomic mass is 35.5. The zero-order valence-electron chi connectivity index (χ0n) is 18.1. The number of nitrogens with one attached hydrogen (secondary N) is 1. The number of carbonyl (C=O) groups excluding carboxylic acids is 1. The average molecular weight is 483 g/mol. The molecule has 8 nitrogen and oxygen atoms in total. The number of aliphatic hydroxyl groups is 2. The van der Waals surface area contributed by atoms with Gasteiger partial charge < -0.3 is 20.3 Å². The van der Waals surface area contributed by atoms with E-state index < -0.39 is 23.2 Å². The van der Waals surface area contributed by atoms with Gasteiger partial charge in [-0.05, 0) is 40.8 Å². The van der Waals surface area contributed by atoms with E-state index in [2.05, 4.69) is 5.32 Å². The van der Waals surface area contributed by atoms with Crippen LogP contribution in [0.1, 0.15) is 35.1 Å². The number of hydrogen-bond acceptors (Lipinski definition) is 6. The number of halogens is 1. The van der Waals surface area contributed by atoms with Crippen LogP contribution < -0.4 is 5.32 Å². The summed E-state index contributed by atoms with van der Waals surface area (Å²) in [5.74, 6) is -0.0751. The van der Waals surface area contributed by atoms with Gasteiger partial charge in [0.25, 0.3) is 5.69 Å². The summed E-state index contributed by atoms with van der Waals surface area (Å²) in [6.07, 6.45) is -3.60. The van der Waals surface area contributed by atoms with E-state index in [4.69, 9.17) is 16.3 Å². The number of aliphatic hydroxyl groups excluding tert-OH is 2. The first-order valence-electron chi connectivity index (χ1n) is 10.8. The lowest BCUT2D eigenvalue weighted by atomic mass is 9.98. The number of benzene rings is 3. The Balaban J connectivity index is 1.31. The number of alkyl carbamates (subject to hydrolysis) is 1. The zero-order chi connectivity index (χ0) is 24.2. The molecule has 0 aromatic heterocycles. The van der Waals surface area contributed by atoms with Gasteiger partial charge in [-0.25, -0.2) is 4.79 Å². The van der Waals surface area contributed by atoms with Gasteiger partial charge in [0.05, 0.1) is 16.6 Å². The number of nitrogens with zero attached hydrogens (tertiary/aromatic N) is 1. The Kier molecular flexibility index (Phi) is 7.12. The number of hydrogen-bond donors (Lipinski definition) is 3. The molecular formula is C25H23ClN2O6. The first-order chi connectivity index (χ1) is 16.4. The normalized spacial score (nSPS) is 14.1. The molecule has 0 saturated heterocycles. The van der Waals surface area contributed by atoms with E-state index >= 15 is 0 Å². The van der Waals surface area contributed by atoms with E-state index in [1.54, 1.807) is 0 Å². The van der Waals surface area contributed by atoms with Gasteiger partial charge in [-0.1, -0.05) is 60.1 Å². The van der Waals surface area contributed by atoms with Crippen molar-refractivity contribution in [2.75, 3.05) is 13.2 Å². The van der Waals surface area contributed by atoms with Crippen LogP contribution in [-0.2, 0) is 4.74 Å². The molecule has 1 aliphatic rings. The standard InChI is InChI=1S/C25H23ClN2O6/c26-15-9-10-22(28(32)33)20(13-15)24(30)23(29)11-12-27-25(31)34-14-21-18-7-3-1-5-16(18)17-6-2-4-8-19(17)21/h1-10,13,21,23-24,29-30H,11-12,14H2,(H,27,31). The third kappa shape index (κ3) is 4.89. The lowest BCUT2D eigenvalue weighted by Gasteiger charge is -2.19. The van der Waals surface area contributed by atoms with Gasteiger partial charge in [-0.15, -0.1) is 0 Å². The number of amides is 1. The van der Waals surface area contributed by atoms with Gasteiger partial charge in [0.15, 0.2) is 0 Å². The molecule has 3 aromatic carbocycles. The summed E-state index contributed by atoms with van der Waals surface area (Å²) >= 11 is 5.88. The molecule has 3 aromatic rings. The summed E-state index contributed by atoms with van der Waals surface area (Å²) in [7, 11) is 0. The minimum absolute atomic E-state index is 0.00324. The maximum atomic E-state index is 12.2. The summed E-state index contributed by atoms with van der Waals surface area (Å²) < 4.78 is 5.43. The second-order valence-electron chi connectivity index (χ2n) is 8.01. The fraction of sp³-hybridized carbons (Fsp3) is 0.240. The first kappa shape index (κ1) is 23.7. The second-order valence-corrected chi connectivity index (χ2v) is 8.45. The summed E-state index contributed by atoms with van der Waals surface area (Å²) in [6, 6.07) is 19.7. The lowest BCUT2D eigenvalue weighted by molar-refractivity contribution is -0.386. The summed E-state index contributed by atoms with van der Waals surface area (Å²) in [6.45, 7) is 0.156. The Morgan fingerprint density at radius 1 is 1.06 bits per heavy atom. The molecule has 3 N–H and O–H groups in total. The minimum atomic E-state index is -1.54. The Bertz CT molecular complexity index is 1170. The predicted molar refractivity (Wildman–Crippen MR) is 127 cm³/mol. The minimum Gasteiger partial charge on any atom is -0.449 e. The Hall–Kier alpha value is -3.46. The van der Waals surface area contributed by atoms with Crippen molar-refractivity contribution in [2.24, 2.45) is 0 Å². The molecule has 0 radical (unpaired) electrons. The monoisotopic (exact) mass is 482 g/mol. The number of ether oxygens (including phenoxy) is 1. The molecule has 1 amide bonds. The van der Waals surface area contributed by atoms with Crippen molar-refractivity contribution in [3.63, 3.8) is 0 Å². The van der Waals surface area contributed by atoms with Crippen LogP contribution in [-0.4, -0.2) is 40.5 Å². The van der Waals surface area contributed by atoms with Gasteiger partial charge in [-0.3, -0.25) is 10.1 Å². The molecule has 0 spiro atoms. The zero-order valence-corrected chi connectivity index (χ0v) is 18.8. The van der Waals surface area contributed by atoms with E-state index in [9.17, 15) is 25.1 Å².